The third-order valence-corrected chi connectivity index (χ3v) is 4.79. The molecule has 0 amide bonds. The lowest BCUT2D eigenvalue weighted by Crippen LogP contribution is -2.45. The molecule has 0 radical (unpaired) electrons. The molecule has 1 saturated heterocycles. The van der Waals surface area contributed by atoms with E-state index < -0.39 is 0 Å². The Balaban J connectivity index is 1.77. The number of nitrogens with zero attached hydrogens (tertiary/aromatic N) is 1. The van der Waals surface area contributed by atoms with Crippen molar-refractivity contribution >= 4 is 0 Å². The molecule has 2 atom stereocenters. The van der Waals surface area contributed by atoms with Crippen LogP contribution in [0.3, 0.4) is 0 Å². The molecule has 2 unspecified atom stereocenters. The minimum atomic E-state index is -0.163. The van der Waals surface area contributed by atoms with E-state index in [0.29, 0.717) is 12.1 Å². The van der Waals surface area contributed by atoms with Crippen molar-refractivity contribution in [2.45, 2.75) is 24.9 Å². The molecule has 0 bridgehead atoms. The minimum Gasteiger partial charge on any atom is -0.493 e. The van der Waals surface area contributed by atoms with E-state index in [4.69, 9.17) is 15.2 Å². The Morgan fingerprint density at radius 2 is 1.84 bits per heavy atom. The maximum atomic E-state index is 14.0. The fraction of sp³-hybridized carbons (Fsp3) is 0.400. The Bertz CT molecular complexity index is 723. The third-order valence-electron chi connectivity index (χ3n) is 4.79. The minimum absolute atomic E-state index is 0.0682. The van der Waals surface area contributed by atoms with Crippen molar-refractivity contribution in [3.05, 3.63) is 59.4 Å². The van der Waals surface area contributed by atoms with Crippen LogP contribution < -0.4 is 15.2 Å². The van der Waals surface area contributed by atoms with Gasteiger partial charge < -0.3 is 15.2 Å². The van der Waals surface area contributed by atoms with Gasteiger partial charge in [0, 0.05) is 31.2 Å². The van der Waals surface area contributed by atoms with E-state index in [0.717, 1.165) is 31.0 Å². The summed E-state index contributed by atoms with van der Waals surface area (Å²) in [6.45, 7) is 2.19. The van der Waals surface area contributed by atoms with Crippen molar-refractivity contribution in [1.29, 1.82) is 0 Å². The van der Waals surface area contributed by atoms with Crippen molar-refractivity contribution in [3.8, 4) is 11.5 Å². The molecule has 2 aromatic rings. The summed E-state index contributed by atoms with van der Waals surface area (Å²) < 4.78 is 24.7. The van der Waals surface area contributed by atoms with E-state index in [1.807, 2.05) is 24.3 Å². The van der Waals surface area contributed by atoms with Gasteiger partial charge in [-0.05, 0) is 36.1 Å². The number of benzene rings is 2. The molecular formula is C20H25FN2O2. The Kier molecular flexibility index (Phi) is 5.56. The molecule has 25 heavy (non-hydrogen) atoms. The second kappa shape index (κ2) is 7.85. The maximum absolute atomic E-state index is 14.0. The summed E-state index contributed by atoms with van der Waals surface area (Å²) in [4.78, 5) is 2.23. The van der Waals surface area contributed by atoms with Crippen molar-refractivity contribution in [2.75, 3.05) is 27.3 Å². The molecule has 5 heteroatoms. The largest absolute Gasteiger partial charge is 0.493 e. The van der Waals surface area contributed by atoms with Crippen molar-refractivity contribution < 1.29 is 13.9 Å². The molecule has 1 fully saturated rings. The smallest absolute Gasteiger partial charge is 0.160 e. The summed E-state index contributed by atoms with van der Waals surface area (Å²) in [5.41, 5.74) is 8.16. The average Bonchev–Trinajstić information content (AvgIpc) is 2.62. The normalized spacial score (nSPS) is 21.1. The second-order valence-electron chi connectivity index (χ2n) is 6.59. The number of halogens is 1. The van der Waals surface area contributed by atoms with Crippen LogP contribution in [0.2, 0.25) is 0 Å². The quantitative estimate of drug-likeness (QED) is 0.905. The fourth-order valence-corrected chi connectivity index (χ4v) is 3.58. The van der Waals surface area contributed by atoms with E-state index in [2.05, 4.69) is 11.0 Å². The van der Waals surface area contributed by atoms with Crippen LogP contribution in [0.15, 0.2) is 42.5 Å². The number of hydrogen-bond acceptors (Lipinski definition) is 4. The van der Waals surface area contributed by atoms with Gasteiger partial charge in [0.05, 0.1) is 14.2 Å². The number of hydrogen-bond donors (Lipinski definition) is 1. The van der Waals surface area contributed by atoms with Gasteiger partial charge in [-0.15, -0.1) is 0 Å². The highest BCUT2D eigenvalue weighted by Gasteiger charge is 2.27. The Labute approximate surface area is 148 Å². The van der Waals surface area contributed by atoms with Gasteiger partial charge >= 0.3 is 0 Å². The van der Waals surface area contributed by atoms with E-state index in [1.54, 1.807) is 20.3 Å². The van der Waals surface area contributed by atoms with Gasteiger partial charge in [0.1, 0.15) is 5.82 Å². The lowest BCUT2D eigenvalue weighted by atomic mass is 9.88. The standard InChI is InChI=1S/C20H25FN2O2/c1-24-19-8-7-14(10-20(19)25-2)16-9-17(22)13-23(12-16)11-15-5-3-4-6-18(15)21/h3-8,10,16-17H,9,11-13,22H2,1-2H3. The lowest BCUT2D eigenvalue weighted by molar-refractivity contribution is 0.179. The van der Waals surface area contributed by atoms with Crippen LogP contribution in [0.5, 0.6) is 11.5 Å². The van der Waals surface area contributed by atoms with Crippen LogP contribution in [0, 0.1) is 5.82 Å². The summed E-state index contributed by atoms with van der Waals surface area (Å²) in [6.07, 6.45) is 0.906. The second-order valence-corrected chi connectivity index (χ2v) is 6.59. The molecule has 1 heterocycles. The first-order valence-corrected chi connectivity index (χ1v) is 8.54. The summed E-state index contributed by atoms with van der Waals surface area (Å²) >= 11 is 0. The number of methoxy groups -OCH3 is 2. The summed E-state index contributed by atoms with van der Waals surface area (Å²) in [7, 11) is 3.27. The van der Waals surface area contributed by atoms with Gasteiger partial charge in [-0.3, -0.25) is 4.90 Å². The van der Waals surface area contributed by atoms with Crippen LogP contribution in [0.1, 0.15) is 23.5 Å². The van der Waals surface area contributed by atoms with Crippen molar-refractivity contribution in [2.24, 2.45) is 5.73 Å². The number of rotatable bonds is 5. The molecule has 0 spiro atoms. The molecule has 134 valence electrons. The molecular weight excluding hydrogens is 319 g/mol. The molecule has 2 N–H and O–H groups in total. The van der Waals surface area contributed by atoms with E-state index in [1.165, 1.54) is 11.6 Å². The van der Waals surface area contributed by atoms with E-state index in [9.17, 15) is 4.39 Å². The molecule has 0 saturated carbocycles. The molecule has 2 aromatic carbocycles. The number of likely N-dealkylation sites (tertiary alicyclic amines) is 1. The predicted molar refractivity (Wildman–Crippen MR) is 96.6 cm³/mol. The van der Waals surface area contributed by atoms with Crippen LogP contribution in [-0.2, 0) is 6.54 Å². The lowest BCUT2D eigenvalue weighted by Gasteiger charge is -2.36. The zero-order chi connectivity index (χ0) is 17.8. The number of piperidine rings is 1. The molecule has 0 aromatic heterocycles. The summed E-state index contributed by atoms with van der Waals surface area (Å²) in [5, 5.41) is 0. The van der Waals surface area contributed by atoms with Crippen molar-refractivity contribution in [3.63, 3.8) is 0 Å². The van der Waals surface area contributed by atoms with Crippen molar-refractivity contribution in [1.82, 2.24) is 4.90 Å². The first-order valence-electron chi connectivity index (χ1n) is 8.54. The monoisotopic (exact) mass is 344 g/mol. The highest BCUT2D eigenvalue weighted by Crippen LogP contribution is 2.34. The molecule has 1 aliphatic rings. The molecule has 4 nitrogen and oxygen atoms in total. The van der Waals surface area contributed by atoms with Crippen LogP contribution in [0.25, 0.3) is 0 Å². The zero-order valence-corrected chi connectivity index (χ0v) is 14.7. The van der Waals surface area contributed by atoms with Crippen LogP contribution in [-0.4, -0.2) is 38.3 Å². The summed E-state index contributed by atoms with van der Waals surface area (Å²) in [5.74, 6) is 1.56. The SMILES string of the molecule is COc1ccc(C2CC(N)CN(Cc3ccccc3F)C2)cc1OC. The molecule has 0 aliphatic carbocycles. The first-order chi connectivity index (χ1) is 12.1. The number of nitrogens with two attached hydrogens (primary N) is 1. The third kappa shape index (κ3) is 4.11. The van der Waals surface area contributed by atoms with Gasteiger partial charge in [-0.1, -0.05) is 24.3 Å². The van der Waals surface area contributed by atoms with Gasteiger partial charge in [0.15, 0.2) is 11.5 Å². The fourth-order valence-electron chi connectivity index (χ4n) is 3.58. The first kappa shape index (κ1) is 17.7. The Hall–Kier alpha value is -2.11. The molecule has 1 aliphatic heterocycles. The van der Waals surface area contributed by atoms with Gasteiger partial charge in [-0.2, -0.15) is 0 Å². The van der Waals surface area contributed by atoms with E-state index >= 15 is 0 Å². The maximum Gasteiger partial charge on any atom is 0.160 e. The average molecular weight is 344 g/mol. The van der Waals surface area contributed by atoms with Crippen LogP contribution in [0.4, 0.5) is 4.39 Å². The Morgan fingerprint density at radius 3 is 2.56 bits per heavy atom. The topological polar surface area (TPSA) is 47.7 Å². The van der Waals surface area contributed by atoms with Gasteiger partial charge in [-0.25, -0.2) is 4.39 Å². The highest BCUT2D eigenvalue weighted by atomic mass is 19.1. The van der Waals surface area contributed by atoms with Crippen LogP contribution >= 0.6 is 0 Å². The number of ether oxygens (including phenoxy) is 2. The van der Waals surface area contributed by atoms with E-state index in [-0.39, 0.29) is 17.8 Å². The van der Waals surface area contributed by atoms with Gasteiger partial charge in [0.2, 0.25) is 0 Å². The Morgan fingerprint density at radius 1 is 1.08 bits per heavy atom. The predicted octanol–water partition coefficient (Wildman–Crippen LogP) is 3.16. The molecule has 3 rings (SSSR count). The zero-order valence-electron chi connectivity index (χ0n) is 14.7. The van der Waals surface area contributed by atoms with Gasteiger partial charge in [0.25, 0.3) is 0 Å². The summed E-state index contributed by atoms with van der Waals surface area (Å²) in [6, 6.07) is 13.0. The highest BCUT2D eigenvalue weighted by molar-refractivity contribution is 5.44.